The molecule has 3 aliphatic rings. The van der Waals surface area contributed by atoms with Crippen LogP contribution in [0.4, 0.5) is 0 Å². The van der Waals surface area contributed by atoms with E-state index in [4.69, 9.17) is 0 Å². The molecular formula is C25H39N3O. The van der Waals surface area contributed by atoms with Gasteiger partial charge in [0.15, 0.2) is 0 Å². The monoisotopic (exact) mass is 397 g/mol. The van der Waals surface area contributed by atoms with Crippen LogP contribution in [0, 0.1) is 5.41 Å². The predicted molar refractivity (Wildman–Crippen MR) is 119 cm³/mol. The molecule has 3 heterocycles. The van der Waals surface area contributed by atoms with Crippen LogP contribution in [0.25, 0.3) is 0 Å². The van der Waals surface area contributed by atoms with Crippen LogP contribution in [0.5, 0.6) is 0 Å². The molecule has 1 aromatic carbocycles. The number of likely N-dealkylation sites (tertiary alicyclic amines) is 2. The minimum Gasteiger partial charge on any atom is -0.351 e. The number of piperidine rings is 1. The van der Waals surface area contributed by atoms with Gasteiger partial charge in [0.25, 0.3) is 0 Å². The van der Waals surface area contributed by atoms with E-state index in [-0.39, 0.29) is 17.4 Å². The van der Waals surface area contributed by atoms with Gasteiger partial charge in [0.05, 0.1) is 6.04 Å². The summed E-state index contributed by atoms with van der Waals surface area (Å²) >= 11 is 0. The van der Waals surface area contributed by atoms with Crippen molar-refractivity contribution in [2.45, 2.75) is 76.8 Å². The lowest BCUT2D eigenvalue weighted by Gasteiger charge is -2.39. The third kappa shape index (κ3) is 5.21. The molecule has 0 bridgehead atoms. The van der Waals surface area contributed by atoms with Crippen molar-refractivity contribution >= 4 is 5.91 Å². The molecule has 0 aliphatic carbocycles. The summed E-state index contributed by atoms with van der Waals surface area (Å²) in [6, 6.07) is 11.6. The predicted octanol–water partition coefficient (Wildman–Crippen LogP) is 4.03. The Kier molecular flexibility index (Phi) is 6.60. The zero-order chi connectivity index (χ0) is 20.3. The van der Waals surface area contributed by atoms with Crippen molar-refractivity contribution in [3.05, 3.63) is 35.9 Å². The SMILES string of the molecule is CC(C)(CN1CCCCC1)CN1C[C@@H](c2ccccc2)[C@@H]2NC(=O)CCCC[C@H]21. The molecule has 29 heavy (non-hydrogen) atoms. The summed E-state index contributed by atoms with van der Waals surface area (Å²) in [6.07, 6.45) is 8.18. The van der Waals surface area contributed by atoms with Crippen LogP contribution in [0.15, 0.2) is 30.3 Å². The number of carbonyl (C=O) groups is 1. The minimum atomic E-state index is 0.245. The van der Waals surface area contributed by atoms with Gasteiger partial charge < -0.3 is 10.2 Å². The van der Waals surface area contributed by atoms with Crippen LogP contribution in [-0.2, 0) is 4.79 Å². The lowest BCUT2D eigenvalue weighted by atomic mass is 9.87. The van der Waals surface area contributed by atoms with E-state index >= 15 is 0 Å². The first kappa shape index (κ1) is 20.9. The molecular weight excluding hydrogens is 358 g/mol. The third-order valence-corrected chi connectivity index (χ3v) is 7.19. The molecule has 1 N–H and O–H groups in total. The normalized spacial score (nSPS) is 29.7. The van der Waals surface area contributed by atoms with Crippen molar-refractivity contribution in [1.82, 2.24) is 15.1 Å². The van der Waals surface area contributed by atoms with Crippen molar-refractivity contribution in [2.75, 3.05) is 32.7 Å². The standard InChI is InChI=1S/C25H39N3O/c1-25(2,18-27-15-9-4-10-16-27)19-28-17-21(20-11-5-3-6-12-20)24-22(28)13-7-8-14-23(29)26-24/h3,5-6,11-12,21-22,24H,4,7-10,13-19H2,1-2H3,(H,26,29)/t21-,22+,24-/m0/s1. The quantitative estimate of drug-likeness (QED) is 0.815. The Balaban J connectivity index is 1.51. The average Bonchev–Trinajstić information content (AvgIpc) is 3.00. The summed E-state index contributed by atoms with van der Waals surface area (Å²) in [6.45, 7) is 10.8. The molecule has 0 aromatic heterocycles. The molecule has 0 saturated carbocycles. The second-order valence-corrected chi connectivity index (χ2v) is 10.4. The number of nitrogens with zero attached hydrogens (tertiary/aromatic N) is 2. The van der Waals surface area contributed by atoms with Crippen molar-refractivity contribution in [1.29, 1.82) is 0 Å². The van der Waals surface area contributed by atoms with E-state index in [1.54, 1.807) is 0 Å². The van der Waals surface area contributed by atoms with Gasteiger partial charge in [-0.2, -0.15) is 0 Å². The largest absolute Gasteiger partial charge is 0.351 e. The summed E-state index contributed by atoms with van der Waals surface area (Å²) in [5.41, 5.74) is 1.64. The highest BCUT2D eigenvalue weighted by Crippen LogP contribution is 2.37. The Morgan fingerprint density at radius 1 is 1.00 bits per heavy atom. The van der Waals surface area contributed by atoms with Crippen LogP contribution < -0.4 is 5.32 Å². The number of hydrogen-bond donors (Lipinski definition) is 1. The molecule has 3 fully saturated rings. The number of rotatable bonds is 5. The van der Waals surface area contributed by atoms with E-state index in [2.05, 4.69) is 59.3 Å². The van der Waals surface area contributed by atoms with Gasteiger partial charge in [-0.3, -0.25) is 9.69 Å². The molecule has 4 heteroatoms. The van der Waals surface area contributed by atoms with Gasteiger partial charge in [-0.15, -0.1) is 0 Å². The van der Waals surface area contributed by atoms with Crippen molar-refractivity contribution in [3.63, 3.8) is 0 Å². The van der Waals surface area contributed by atoms with Crippen molar-refractivity contribution in [3.8, 4) is 0 Å². The van der Waals surface area contributed by atoms with Gasteiger partial charge in [-0.05, 0) is 49.8 Å². The van der Waals surface area contributed by atoms with Gasteiger partial charge in [-0.1, -0.05) is 57.0 Å². The Labute approximate surface area is 177 Å². The summed E-state index contributed by atoms with van der Waals surface area (Å²) in [7, 11) is 0. The fourth-order valence-electron chi connectivity index (χ4n) is 5.97. The van der Waals surface area contributed by atoms with Gasteiger partial charge >= 0.3 is 0 Å². The molecule has 3 aliphatic heterocycles. The zero-order valence-electron chi connectivity index (χ0n) is 18.4. The minimum absolute atomic E-state index is 0.245. The Morgan fingerprint density at radius 3 is 2.52 bits per heavy atom. The molecule has 0 spiro atoms. The maximum Gasteiger partial charge on any atom is 0.220 e. The smallest absolute Gasteiger partial charge is 0.220 e. The fraction of sp³-hybridized carbons (Fsp3) is 0.720. The van der Waals surface area contributed by atoms with Crippen LogP contribution >= 0.6 is 0 Å². The van der Waals surface area contributed by atoms with Crippen molar-refractivity contribution in [2.24, 2.45) is 5.41 Å². The van der Waals surface area contributed by atoms with E-state index in [0.29, 0.717) is 18.4 Å². The van der Waals surface area contributed by atoms with Crippen LogP contribution in [0.1, 0.15) is 70.3 Å². The number of amides is 1. The maximum absolute atomic E-state index is 12.5. The van der Waals surface area contributed by atoms with E-state index in [1.165, 1.54) is 57.3 Å². The second kappa shape index (κ2) is 9.18. The first-order valence-corrected chi connectivity index (χ1v) is 11.8. The van der Waals surface area contributed by atoms with Gasteiger partial charge in [-0.25, -0.2) is 0 Å². The fourth-order valence-corrected chi connectivity index (χ4v) is 5.97. The van der Waals surface area contributed by atoms with E-state index in [9.17, 15) is 4.79 Å². The molecule has 3 saturated heterocycles. The molecule has 160 valence electrons. The Bertz CT molecular complexity index is 668. The van der Waals surface area contributed by atoms with Crippen LogP contribution in [-0.4, -0.2) is 60.5 Å². The van der Waals surface area contributed by atoms with Crippen molar-refractivity contribution < 1.29 is 4.79 Å². The molecule has 0 radical (unpaired) electrons. The second-order valence-electron chi connectivity index (χ2n) is 10.4. The number of carbonyl (C=O) groups excluding carboxylic acids is 1. The first-order valence-electron chi connectivity index (χ1n) is 11.8. The third-order valence-electron chi connectivity index (χ3n) is 7.19. The molecule has 1 amide bonds. The summed E-state index contributed by atoms with van der Waals surface area (Å²) in [5.74, 6) is 0.643. The van der Waals surface area contributed by atoms with Gasteiger partial charge in [0.1, 0.15) is 0 Å². The van der Waals surface area contributed by atoms with Gasteiger partial charge in [0, 0.05) is 38.0 Å². The molecule has 1 aromatic rings. The summed E-state index contributed by atoms with van der Waals surface area (Å²) < 4.78 is 0. The number of hydrogen-bond acceptors (Lipinski definition) is 3. The molecule has 4 rings (SSSR count). The summed E-state index contributed by atoms with van der Waals surface area (Å²) in [5, 5.41) is 3.44. The van der Waals surface area contributed by atoms with Crippen LogP contribution in [0.3, 0.4) is 0 Å². The molecule has 4 nitrogen and oxygen atoms in total. The lowest BCUT2D eigenvalue weighted by molar-refractivity contribution is -0.122. The average molecular weight is 398 g/mol. The molecule has 3 atom stereocenters. The summed E-state index contributed by atoms with van der Waals surface area (Å²) in [4.78, 5) is 17.9. The lowest BCUT2D eigenvalue weighted by Crippen LogP contribution is -2.50. The highest BCUT2D eigenvalue weighted by atomic mass is 16.1. The van der Waals surface area contributed by atoms with Gasteiger partial charge in [0.2, 0.25) is 5.91 Å². The number of fused-ring (bicyclic) bond motifs is 1. The van der Waals surface area contributed by atoms with E-state index in [1.807, 2.05) is 0 Å². The highest BCUT2D eigenvalue weighted by Gasteiger charge is 2.44. The first-order chi connectivity index (χ1) is 14.0. The van der Waals surface area contributed by atoms with Crippen LogP contribution in [0.2, 0.25) is 0 Å². The number of nitrogens with one attached hydrogen (secondary N) is 1. The zero-order valence-corrected chi connectivity index (χ0v) is 18.4. The topological polar surface area (TPSA) is 35.6 Å². The van der Waals surface area contributed by atoms with E-state index < -0.39 is 0 Å². The number of benzene rings is 1. The highest BCUT2D eigenvalue weighted by molar-refractivity contribution is 5.76. The van der Waals surface area contributed by atoms with E-state index in [0.717, 1.165) is 19.5 Å². The maximum atomic E-state index is 12.5. The molecule has 0 unspecified atom stereocenters. The Hall–Kier alpha value is -1.39. The Morgan fingerprint density at radius 2 is 1.76 bits per heavy atom.